The number of aromatic nitrogens is 4. The van der Waals surface area contributed by atoms with Gasteiger partial charge in [0.15, 0.2) is 5.69 Å². The molecule has 1 fully saturated rings. The molecule has 1 saturated heterocycles. The van der Waals surface area contributed by atoms with Gasteiger partial charge in [-0.05, 0) is 44.7 Å². The van der Waals surface area contributed by atoms with Crippen molar-refractivity contribution in [2.24, 2.45) is 5.92 Å². The first-order valence-electron chi connectivity index (χ1n) is 9.30. The molecule has 146 valence electrons. The van der Waals surface area contributed by atoms with Crippen molar-refractivity contribution < 1.29 is 13.2 Å². The molecule has 0 spiro atoms. The highest BCUT2D eigenvalue weighted by Crippen LogP contribution is 2.26. The van der Waals surface area contributed by atoms with Gasteiger partial charge in [-0.25, -0.2) is 4.98 Å². The van der Waals surface area contributed by atoms with Crippen LogP contribution in [0.15, 0.2) is 23.4 Å². The molecular weight excluding hydrogens is 359 g/mol. The Morgan fingerprint density at radius 3 is 2.67 bits per heavy atom. The molecule has 2 aliphatic heterocycles. The second-order valence-corrected chi connectivity index (χ2v) is 7.43. The van der Waals surface area contributed by atoms with Gasteiger partial charge >= 0.3 is 6.18 Å². The molecule has 0 aromatic carbocycles. The first kappa shape index (κ1) is 18.2. The van der Waals surface area contributed by atoms with Crippen LogP contribution in [0.2, 0.25) is 0 Å². The van der Waals surface area contributed by atoms with Crippen LogP contribution in [-0.4, -0.2) is 37.3 Å². The Kier molecular flexibility index (Phi) is 4.79. The Balaban J connectivity index is 1.32. The van der Waals surface area contributed by atoms with Gasteiger partial charge in [-0.15, -0.1) is 0 Å². The largest absolute Gasteiger partial charge is 0.433 e. The van der Waals surface area contributed by atoms with Crippen LogP contribution < -0.4 is 5.56 Å². The molecule has 0 atom stereocenters. The van der Waals surface area contributed by atoms with Gasteiger partial charge in [0.1, 0.15) is 0 Å². The zero-order valence-electron chi connectivity index (χ0n) is 15.0. The Morgan fingerprint density at radius 2 is 1.96 bits per heavy atom. The summed E-state index contributed by atoms with van der Waals surface area (Å²) in [6.45, 7) is 4.15. The van der Waals surface area contributed by atoms with Gasteiger partial charge < -0.3 is 0 Å². The maximum atomic E-state index is 12.6. The van der Waals surface area contributed by atoms with Crippen molar-refractivity contribution in [1.82, 2.24) is 24.2 Å². The second kappa shape index (κ2) is 7.10. The molecule has 0 saturated carbocycles. The number of hydrogen-bond acceptors (Lipinski definition) is 4. The zero-order valence-corrected chi connectivity index (χ0v) is 15.0. The first-order chi connectivity index (χ1) is 12.9. The summed E-state index contributed by atoms with van der Waals surface area (Å²) in [6.07, 6.45) is 2.48. The monoisotopic (exact) mass is 381 g/mol. The molecule has 0 N–H and O–H groups in total. The molecule has 2 aromatic heterocycles. The maximum absolute atomic E-state index is 12.6. The van der Waals surface area contributed by atoms with Crippen LogP contribution >= 0.6 is 0 Å². The Labute approximate surface area is 154 Å². The van der Waals surface area contributed by atoms with Gasteiger partial charge in [0.25, 0.3) is 5.56 Å². The minimum absolute atomic E-state index is 0.273. The van der Waals surface area contributed by atoms with Crippen LogP contribution in [0.3, 0.4) is 0 Å². The predicted octanol–water partition coefficient (Wildman–Crippen LogP) is 2.32. The van der Waals surface area contributed by atoms with Crippen molar-refractivity contribution in [3.05, 3.63) is 45.9 Å². The number of fused-ring (bicyclic) bond motifs is 1. The molecule has 6 nitrogen and oxygen atoms in total. The van der Waals surface area contributed by atoms with Crippen LogP contribution in [0.25, 0.3) is 0 Å². The summed E-state index contributed by atoms with van der Waals surface area (Å²) in [5, 5.41) is 4.43. The third kappa shape index (κ3) is 3.92. The molecule has 27 heavy (non-hydrogen) atoms. The summed E-state index contributed by atoms with van der Waals surface area (Å²) in [7, 11) is 0. The highest BCUT2D eigenvalue weighted by molar-refractivity contribution is 5.20. The van der Waals surface area contributed by atoms with Crippen molar-refractivity contribution in [2.75, 3.05) is 13.1 Å². The SMILES string of the molecule is O=c1cc(C(F)(F)F)ncn1CC1CCN(Cc2cnn3c2CCC3)CC1. The molecule has 0 bridgehead atoms. The van der Waals surface area contributed by atoms with E-state index >= 15 is 0 Å². The molecule has 0 radical (unpaired) electrons. The fourth-order valence-corrected chi connectivity index (χ4v) is 4.02. The number of hydrogen-bond donors (Lipinski definition) is 0. The molecule has 4 rings (SSSR count). The summed E-state index contributed by atoms with van der Waals surface area (Å²) in [6, 6.07) is 0.579. The molecular formula is C18H22F3N5O. The lowest BCUT2D eigenvalue weighted by atomic mass is 9.96. The van der Waals surface area contributed by atoms with E-state index in [0.717, 1.165) is 58.2 Å². The van der Waals surface area contributed by atoms with E-state index in [1.165, 1.54) is 15.8 Å². The van der Waals surface area contributed by atoms with E-state index in [9.17, 15) is 18.0 Å². The summed E-state index contributed by atoms with van der Waals surface area (Å²) < 4.78 is 41.2. The number of aryl methyl sites for hydroxylation is 1. The van der Waals surface area contributed by atoms with Gasteiger partial charge in [-0.3, -0.25) is 18.9 Å². The van der Waals surface area contributed by atoms with E-state index < -0.39 is 17.4 Å². The molecule has 0 unspecified atom stereocenters. The summed E-state index contributed by atoms with van der Waals surface area (Å²) in [5.41, 5.74) is 0.871. The van der Waals surface area contributed by atoms with Gasteiger partial charge in [0.05, 0.1) is 12.5 Å². The maximum Gasteiger partial charge on any atom is 0.433 e. The van der Waals surface area contributed by atoms with Crippen molar-refractivity contribution >= 4 is 0 Å². The quantitative estimate of drug-likeness (QED) is 0.816. The predicted molar refractivity (Wildman–Crippen MR) is 92.0 cm³/mol. The van der Waals surface area contributed by atoms with Crippen LogP contribution in [0.5, 0.6) is 0 Å². The lowest BCUT2D eigenvalue weighted by Crippen LogP contribution is -2.36. The third-order valence-electron chi connectivity index (χ3n) is 5.54. The van der Waals surface area contributed by atoms with E-state index in [1.54, 1.807) is 0 Å². The molecule has 4 heterocycles. The van der Waals surface area contributed by atoms with Crippen LogP contribution in [-0.2, 0) is 32.2 Å². The molecule has 0 aliphatic carbocycles. The summed E-state index contributed by atoms with van der Waals surface area (Å²) in [5.74, 6) is 0.273. The number of likely N-dealkylation sites (tertiary alicyclic amines) is 1. The topological polar surface area (TPSA) is 56.0 Å². The standard InChI is InChI=1S/C18H22F3N5O/c19-18(20,21)16-8-17(27)25(12-22-16)10-13-3-6-24(7-4-13)11-14-9-23-26-5-1-2-15(14)26/h8-9,12-13H,1-7,10-11H2. The van der Waals surface area contributed by atoms with Gasteiger partial charge in [-0.1, -0.05) is 0 Å². The van der Waals surface area contributed by atoms with E-state index in [1.807, 2.05) is 6.20 Å². The smallest absolute Gasteiger partial charge is 0.299 e. The van der Waals surface area contributed by atoms with Crippen molar-refractivity contribution in [3.8, 4) is 0 Å². The number of rotatable bonds is 4. The van der Waals surface area contributed by atoms with Gasteiger partial charge in [0, 0.05) is 37.0 Å². The highest BCUT2D eigenvalue weighted by Gasteiger charge is 2.33. The minimum atomic E-state index is -4.59. The second-order valence-electron chi connectivity index (χ2n) is 7.43. The van der Waals surface area contributed by atoms with Gasteiger partial charge in [0.2, 0.25) is 0 Å². The third-order valence-corrected chi connectivity index (χ3v) is 5.54. The van der Waals surface area contributed by atoms with Crippen LogP contribution in [0.1, 0.15) is 36.2 Å². The first-order valence-corrected chi connectivity index (χ1v) is 9.30. The van der Waals surface area contributed by atoms with Crippen LogP contribution in [0.4, 0.5) is 13.2 Å². The summed E-state index contributed by atoms with van der Waals surface area (Å²) in [4.78, 5) is 17.7. The Hall–Kier alpha value is -2.16. The Bertz CT molecular complexity index is 865. The average Bonchev–Trinajstić information content (AvgIpc) is 3.22. The number of nitrogens with zero attached hydrogens (tertiary/aromatic N) is 5. The number of alkyl halides is 3. The zero-order chi connectivity index (χ0) is 19.0. The Morgan fingerprint density at radius 1 is 1.19 bits per heavy atom. The fourth-order valence-electron chi connectivity index (χ4n) is 4.02. The normalized spacial score (nSPS) is 18.8. The van der Waals surface area contributed by atoms with Crippen molar-refractivity contribution in [1.29, 1.82) is 0 Å². The highest BCUT2D eigenvalue weighted by atomic mass is 19.4. The molecule has 2 aromatic rings. The van der Waals surface area contributed by atoms with E-state index in [-0.39, 0.29) is 5.92 Å². The lowest BCUT2D eigenvalue weighted by molar-refractivity contribution is -0.141. The van der Waals surface area contributed by atoms with E-state index in [2.05, 4.69) is 19.7 Å². The molecule has 9 heteroatoms. The molecule has 0 amide bonds. The van der Waals surface area contributed by atoms with Crippen molar-refractivity contribution in [2.45, 2.75) is 51.5 Å². The number of piperidine rings is 1. The van der Waals surface area contributed by atoms with E-state index in [4.69, 9.17) is 0 Å². The number of halogens is 3. The van der Waals surface area contributed by atoms with Crippen molar-refractivity contribution in [3.63, 3.8) is 0 Å². The van der Waals surface area contributed by atoms with Crippen LogP contribution in [0, 0.1) is 5.92 Å². The fraction of sp³-hybridized carbons (Fsp3) is 0.611. The van der Waals surface area contributed by atoms with E-state index in [0.29, 0.717) is 12.6 Å². The minimum Gasteiger partial charge on any atom is -0.299 e. The molecule has 2 aliphatic rings. The lowest BCUT2D eigenvalue weighted by Gasteiger charge is -2.32. The van der Waals surface area contributed by atoms with Gasteiger partial charge in [-0.2, -0.15) is 18.3 Å². The summed E-state index contributed by atoms with van der Waals surface area (Å²) >= 11 is 0. The average molecular weight is 381 g/mol.